The second kappa shape index (κ2) is 4.53. The number of hydrogen-bond acceptors (Lipinski definition) is 3. The highest BCUT2D eigenvalue weighted by atomic mass is 16.3. The van der Waals surface area contributed by atoms with E-state index in [0.717, 1.165) is 5.69 Å². The Labute approximate surface area is 107 Å². The van der Waals surface area contributed by atoms with Gasteiger partial charge in [-0.05, 0) is 37.5 Å². The van der Waals surface area contributed by atoms with Gasteiger partial charge >= 0.3 is 0 Å². The van der Waals surface area contributed by atoms with Crippen LogP contribution in [0.25, 0.3) is 5.69 Å². The van der Waals surface area contributed by atoms with Crippen molar-refractivity contribution in [3.05, 3.63) is 41.7 Å². The summed E-state index contributed by atoms with van der Waals surface area (Å²) in [5.74, 6) is 0.515. The third kappa shape index (κ3) is 2.59. The molecule has 1 heterocycles. The summed E-state index contributed by atoms with van der Waals surface area (Å²) in [6.07, 6.45) is 1.75. The van der Waals surface area contributed by atoms with Crippen molar-refractivity contribution in [1.82, 2.24) is 15.0 Å². The molecule has 0 amide bonds. The van der Waals surface area contributed by atoms with Crippen molar-refractivity contribution in [2.75, 3.05) is 0 Å². The third-order valence-electron chi connectivity index (χ3n) is 2.94. The van der Waals surface area contributed by atoms with E-state index in [-0.39, 0.29) is 0 Å². The Morgan fingerprint density at radius 3 is 2.22 bits per heavy atom. The van der Waals surface area contributed by atoms with E-state index in [0.29, 0.717) is 11.6 Å². The molecule has 2 rings (SSSR count). The van der Waals surface area contributed by atoms with E-state index in [1.54, 1.807) is 24.7 Å². The first kappa shape index (κ1) is 12.8. The number of benzene rings is 1. The van der Waals surface area contributed by atoms with Crippen LogP contribution in [0.1, 0.15) is 44.9 Å². The van der Waals surface area contributed by atoms with E-state index in [1.165, 1.54) is 5.56 Å². The fourth-order valence-corrected chi connectivity index (χ4v) is 1.68. The molecule has 0 aliphatic carbocycles. The van der Waals surface area contributed by atoms with Crippen LogP contribution in [0.15, 0.2) is 30.5 Å². The van der Waals surface area contributed by atoms with E-state index < -0.39 is 5.60 Å². The monoisotopic (exact) mass is 245 g/mol. The highest BCUT2D eigenvalue weighted by molar-refractivity contribution is 5.35. The third-order valence-corrected chi connectivity index (χ3v) is 2.94. The van der Waals surface area contributed by atoms with Crippen LogP contribution in [0.2, 0.25) is 0 Å². The molecule has 0 aliphatic heterocycles. The van der Waals surface area contributed by atoms with Gasteiger partial charge in [-0.15, -0.1) is 5.10 Å². The largest absolute Gasteiger partial charge is 0.384 e. The molecule has 4 heteroatoms. The molecule has 1 N–H and O–H groups in total. The average molecular weight is 245 g/mol. The Hall–Kier alpha value is -1.68. The van der Waals surface area contributed by atoms with Crippen LogP contribution in [0.5, 0.6) is 0 Å². The summed E-state index contributed by atoms with van der Waals surface area (Å²) in [7, 11) is 0. The molecule has 0 fully saturated rings. The van der Waals surface area contributed by atoms with Crippen molar-refractivity contribution >= 4 is 0 Å². The number of hydrogen-bond donors (Lipinski definition) is 1. The Kier molecular flexibility index (Phi) is 3.22. The molecule has 0 saturated carbocycles. The molecule has 4 nitrogen and oxygen atoms in total. The van der Waals surface area contributed by atoms with Gasteiger partial charge in [0.25, 0.3) is 0 Å². The maximum Gasteiger partial charge on any atom is 0.114 e. The average Bonchev–Trinajstić information content (AvgIpc) is 2.78. The summed E-state index contributed by atoms with van der Waals surface area (Å²) >= 11 is 0. The lowest BCUT2D eigenvalue weighted by molar-refractivity contribution is 0.0737. The van der Waals surface area contributed by atoms with E-state index in [2.05, 4.69) is 36.3 Å². The van der Waals surface area contributed by atoms with E-state index in [4.69, 9.17) is 0 Å². The number of rotatable bonds is 3. The van der Waals surface area contributed by atoms with Crippen LogP contribution in [-0.4, -0.2) is 20.1 Å². The molecule has 96 valence electrons. The smallest absolute Gasteiger partial charge is 0.114 e. The Morgan fingerprint density at radius 1 is 1.17 bits per heavy atom. The minimum Gasteiger partial charge on any atom is -0.384 e. The number of aliphatic hydroxyl groups is 1. The molecule has 0 atom stereocenters. The molecule has 1 aromatic heterocycles. The Balaban J connectivity index is 2.29. The first-order valence-corrected chi connectivity index (χ1v) is 6.13. The van der Waals surface area contributed by atoms with Crippen molar-refractivity contribution in [3.63, 3.8) is 0 Å². The van der Waals surface area contributed by atoms with Crippen LogP contribution in [0.3, 0.4) is 0 Å². The quantitative estimate of drug-likeness (QED) is 0.904. The Morgan fingerprint density at radius 2 is 1.78 bits per heavy atom. The molecule has 0 spiro atoms. The number of nitrogens with zero attached hydrogens (tertiary/aromatic N) is 3. The normalized spacial score (nSPS) is 12.1. The zero-order valence-electron chi connectivity index (χ0n) is 11.3. The molecular formula is C14H19N3O. The lowest BCUT2D eigenvalue weighted by Gasteiger charge is -2.11. The maximum absolute atomic E-state index is 9.85. The van der Waals surface area contributed by atoms with Crippen molar-refractivity contribution in [2.24, 2.45) is 0 Å². The summed E-state index contributed by atoms with van der Waals surface area (Å²) in [5, 5.41) is 17.9. The summed E-state index contributed by atoms with van der Waals surface area (Å²) in [4.78, 5) is 0. The van der Waals surface area contributed by atoms with Gasteiger partial charge in [0.2, 0.25) is 0 Å². The zero-order valence-corrected chi connectivity index (χ0v) is 11.3. The van der Waals surface area contributed by atoms with Gasteiger partial charge in [-0.25, -0.2) is 4.68 Å². The van der Waals surface area contributed by atoms with Gasteiger partial charge in [0.05, 0.1) is 11.9 Å². The fraction of sp³-hybridized carbons (Fsp3) is 0.429. The maximum atomic E-state index is 9.85. The van der Waals surface area contributed by atoms with Gasteiger partial charge in [-0.1, -0.05) is 31.2 Å². The SMILES string of the molecule is CC(C)c1ccc(-n2cc(C(C)(C)O)nn2)cc1. The predicted octanol–water partition coefficient (Wildman–Crippen LogP) is 2.62. The van der Waals surface area contributed by atoms with Crippen LogP contribution in [0, 0.1) is 0 Å². The Bertz CT molecular complexity index is 521. The van der Waals surface area contributed by atoms with Crippen LogP contribution < -0.4 is 0 Å². The molecule has 1 aromatic carbocycles. The first-order valence-electron chi connectivity index (χ1n) is 6.13. The van der Waals surface area contributed by atoms with Crippen LogP contribution in [-0.2, 0) is 5.60 Å². The van der Waals surface area contributed by atoms with Gasteiger partial charge in [-0.3, -0.25) is 0 Å². The minimum absolute atomic E-state index is 0.515. The van der Waals surface area contributed by atoms with Crippen molar-refractivity contribution in [3.8, 4) is 5.69 Å². The lowest BCUT2D eigenvalue weighted by atomic mass is 10.0. The van der Waals surface area contributed by atoms with Crippen molar-refractivity contribution in [2.45, 2.75) is 39.2 Å². The first-order chi connectivity index (χ1) is 8.38. The van der Waals surface area contributed by atoms with Gasteiger partial charge < -0.3 is 5.11 Å². The zero-order chi connectivity index (χ0) is 13.3. The lowest BCUT2D eigenvalue weighted by Crippen LogP contribution is -2.15. The molecule has 0 saturated heterocycles. The second-order valence-corrected chi connectivity index (χ2v) is 5.35. The molecular weight excluding hydrogens is 226 g/mol. The predicted molar refractivity (Wildman–Crippen MR) is 70.7 cm³/mol. The van der Waals surface area contributed by atoms with Gasteiger partial charge in [0.15, 0.2) is 0 Å². The summed E-state index contributed by atoms with van der Waals surface area (Å²) < 4.78 is 1.68. The molecule has 0 bridgehead atoms. The summed E-state index contributed by atoms with van der Waals surface area (Å²) in [6.45, 7) is 7.72. The van der Waals surface area contributed by atoms with Crippen molar-refractivity contribution < 1.29 is 5.11 Å². The van der Waals surface area contributed by atoms with Crippen molar-refractivity contribution in [1.29, 1.82) is 0 Å². The molecule has 2 aromatic rings. The van der Waals surface area contributed by atoms with E-state index in [1.807, 2.05) is 12.1 Å². The van der Waals surface area contributed by atoms with E-state index >= 15 is 0 Å². The highest BCUT2D eigenvalue weighted by Gasteiger charge is 2.20. The molecule has 18 heavy (non-hydrogen) atoms. The fourth-order valence-electron chi connectivity index (χ4n) is 1.68. The standard InChI is InChI=1S/C14H19N3O/c1-10(2)11-5-7-12(8-6-11)17-9-13(15-16-17)14(3,4)18/h5-10,18H,1-4H3. The van der Waals surface area contributed by atoms with Gasteiger partial charge in [0, 0.05) is 0 Å². The number of aromatic nitrogens is 3. The van der Waals surface area contributed by atoms with Crippen LogP contribution in [0.4, 0.5) is 0 Å². The topological polar surface area (TPSA) is 50.9 Å². The molecule has 0 unspecified atom stereocenters. The summed E-state index contributed by atoms with van der Waals surface area (Å²) in [6, 6.07) is 8.20. The summed E-state index contributed by atoms with van der Waals surface area (Å²) in [5.41, 5.74) is 1.84. The van der Waals surface area contributed by atoms with Gasteiger partial charge in [-0.2, -0.15) is 0 Å². The minimum atomic E-state index is -0.962. The molecule has 0 radical (unpaired) electrons. The molecule has 0 aliphatic rings. The van der Waals surface area contributed by atoms with Crippen LogP contribution >= 0.6 is 0 Å². The van der Waals surface area contributed by atoms with E-state index in [9.17, 15) is 5.11 Å². The second-order valence-electron chi connectivity index (χ2n) is 5.35. The van der Waals surface area contributed by atoms with Gasteiger partial charge in [0.1, 0.15) is 11.3 Å². The highest BCUT2D eigenvalue weighted by Crippen LogP contribution is 2.19.